The van der Waals surface area contributed by atoms with Gasteiger partial charge in [-0.1, -0.05) is 29.3 Å². The topological polar surface area (TPSA) is 55.4 Å². The highest BCUT2D eigenvalue weighted by Crippen LogP contribution is 2.28. The third kappa shape index (κ3) is 4.00. The minimum atomic E-state index is -0.478. The molecule has 7 heteroatoms. The maximum absolute atomic E-state index is 12.1. The van der Waals surface area contributed by atoms with Gasteiger partial charge >= 0.3 is 5.97 Å². The van der Waals surface area contributed by atoms with Crippen LogP contribution in [0.2, 0.25) is 10.0 Å². The molecule has 1 heterocycles. The van der Waals surface area contributed by atoms with Crippen molar-refractivity contribution in [2.75, 3.05) is 12.4 Å². The fourth-order valence-electron chi connectivity index (χ4n) is 1.87. The smallest absolute Gasteiger partial charge is 0.340 e. The van der Waals surface area contributed by atoms with Gasteiger partial charge in [0, 0.05) is 4.88 Å². The van der Waals surface area contributed by atoms with Crippen molar-refractivity contribution in [2.24, 2.45) is 0 Å². The van der Waals surface area contributed by atoms with Gasteiger partial charge in [0.2, 0.25) is 5.91 Å². The number of benzene rings is 1. The quantitative estimate of drug-likeness (QED) is 0.828. The number of hydrogen-bond acceptors (Lipinski definition) is 4. The summed E-state index contributed by atoms with van der Waals surface area (Å²) in [6.45, 7) is 1.85. The van der Waals surface area contributed by atoms with E-state index in [1.807, 2.05) is 6.92 Å². The van der Waals surface area contributed by atoms with Gasteiger partial charge in [-0.25, -0.2) is 4.79 Å². The number of rotatable bonds is 4. The zero-order valence-corrected chi connectivity index (χ0v) is 14.2. The largest absolute Gasteiger partial charge is 0.465 e. The van der Waals surface area contributed by atoms with Gasteiger partial charge in [0.15, 0.2) is 0 Å². The molecule has 116 valence electrons. The van der Waals surface area contributed by atoms with Crippen LogP contribution in [0.15, 0.2) is 24.3 Å². The number of esters is 1. The summed E-state index contributed by atoms with van der Waals surface area (Å²) < 4.78 is 4.70. The fraction of sp³-hybridized carbons (Fsp3) is 0.200. The number of carbonyl (C=O) groups is 2. The Morgan fingerprint density at radius 3 is 2.59 bits per heavy atom. The maximum Gasteiger partial charge on any atom is 0.340 e. The van der Waals surface area contributed by atoms with Crippen molar-refractivity contribution >= 4 is 51.4 Å². The molecule has 0 saturated carbocycles. The molecule has 0 fully saturated rings. The van der Waals surface area contributed by atoms with Crippen LogP contribution in [-0.2, 0) is 16.0 Å². The van der Waals surface area contributed by atoms with E-state index in [1.165, 1.54) is 18.4 Å². The van der Waals surface area contributed by atoms with Crippen LogP contribution < -0.4 is 5.32 Å². The van der Waals surface area contributed by atoms with Crippen LogP contribution in [0, 0.1) is 6.92 Å². The minimum absolute atomic E-state index is 0.133. The van der Waals surface area contributed by atoms with Gasteiger partial charge < -0.3 is 10.1 Å². The Kier molecular flexibility index (Phi) is 5.45. The maximum atomic E-state index is 12.1. The first kappa shape index (κ1) is 16.8. The highest BCUT2D eigenvalue weighted by Gasteiger charge is 2.17. The predicted octanol–water partition coefficient (Wildman–Crippen LogP) is 4.33. The normalized spacial score (nSPS) is 10.4. The third-order valence-corrected chi connectivity index (χ3v) is 4.57. The molecule has 0 aliphatic heterocycles. The van der Waals surface area contributed by atoms with Gasteiger partial charge in [0.25, 0.3) is 0 Å². The van der Waals surface area contributed by atoms with E-state index in [4.69, 9.17) is 27.9 Å². The van der Waals surface area contributed by atoms with Crippen molar-refractivity contribution in [1.29, 1.82) is 0 Å². The molecular weight excluding hydrogens is 345 g/mol. The number of halogens is 2. The van der Waals surface area contributed by atoms with E-state index in [9.17, 15) is 9.59 Å². The number of anilines is 1. The summed E-state index contributed by atoms with van der Waals surface area (Å²) in [5, 5.41) is 4.05. The van der Waals surface area contributed by atoms with Crippen LogP contribution in [0.3, 0.4) is 0 Å². The molecular formula is C15H13Cl2NO3S. The van der Waals surface area contributed by atoms with Gasteiger partial charge in [-0.3, -0.25) is 4.79 Å². The van der Waals surface area contributed by atoms with Crippen molar-refractivity contribution in [3.8, 4) is 0 Å². The van der Waals surface area contributed by atoms with Gasteiger partial charge in [-0.2, -0.15) is 0 Å². The van der Waals surface area contributed by atoms with Crippen LogP contribution in [-0.4, -0.2) is 19.0 Å². The molecule has 1 aromatic heterocycles. The van der Waals surface area contributed by atoms with E-state index in [1.54, 1.807) is 24.3 Å². The fourth-order valence-corrected chi connectivity index (χ4v) is 3.11. The molecule has 1 N–H and O–H groups in total. The summed E-state index contributed by atoms with van der Waals surface area (Å²) in [5.74, 6) is -0.723. The molecule has 0 bridgehead atoms. The summed E-state index contributed by atoms with van der Waals surface area (Å²) in [5.41, 5.74) is 1.09. The third-order valence-electron chi connectivity index (χ3n) is 2.86. The molecule has 0 aliphatic carbocycles. The van der Waals surface area contributed by atoms with Crippen LogP contribution in [0.4, 0.5) is 5.00 Å². The number of methoxy groups -OCH3 is 1. The van der Waals surface area contributed by atoms with Crippen LogP contribution >= 0.6 is 34.5 Å². The monoisotopic (exact) mass is 357 g/mol. The highest BCUT2D eigenvalue weighted by atomic mass is 35.5. The van der Waals surface area contributed by atoms with E-state index in [2.05, 4.69) is 5.32 Å². The summed E-state index contributed by atoms with van der Waals surface area (Å²) in [4.78, 5) is 24.7. The number of nitrogens with one attached hydrogen (secondary N) is 1. The van der Waals surface area contributed by atoms with E-state index in [-0.39, 0.29) is 12.3 Å². The zero-order valence-electron chi connectivity index (χ0n) is 11.9. The van der Waals surface area contributed by atoms with E-state index >= 15 is 0 Å². The lowest BCUT2D eigenvalue weighted by molar-refractivity contribution is -0.115. The van der Waals surface area contributed by atoms with Crippen LogP contribution in [0.25, 0.3) is 0 Å². The molecule has 2 rings (SSSR count). The summed E-state index contributed by atoms with van der Waals surface area (Å²) in [6, 6.07) is 6.70. The molecule has 0 saturated heterocycles. The van der Waals surface area contributed by atoms with Gasteiger partial charge in [0.05, 0.1) is 29.1 Å². The molecule has 0 radical (unpaired) electrons. The summed E-state index contributed by atoms with van der Waals surface area (Å²) >= 11 is 13.1. The van der Waals surface area contributed by atoms with Crippen molar-refractivity contribution in [1.82, 2.24) is 0 Å². The van der Waals surface area contributed by atoms with Crippen molar-refractivity contribution < 1.29 is 14.3 Å². The first-order chi connectivity index (χ1) is 10.4. The molecule has 1 aromatic carbocycles. The van der Waals surface area contributed by atoms with Gasteiger partial charge in [0.1, 0.15) is 5.00 Å². The number of aryl methyl sites for hydroxylation is 1. The Balaban J connectivity index is 2.12. The highest BCUT2D eigenvalue weighted by molar-refractivity contribution is 7.16. The second kappa shape index (κ2) is 7.13. The molecule has 0 unspecified atom stereocenters. The molecule has 2 aromatic rings. The Bertz CT molecular complexity index is 728. The Morgan fingerprint density at radius 2 is 1.95 bits per heavy atom. The first-order valence-electron chi connectivity index (χ1n) is 6.33. The van der Waals surface area contributed by atoms with E-state index in [0.29, 0.717) is 20.6 Å². The molecule has 0 atom stereocenters. The minimum Gasteiger partial charge on any atom is -0.465 e. The number of amides is 1. The average molecular weight is 358 g/mol. The standard InChI is InChI=1S/C15H13Cl2NO3S/c1-8-5-10(15(20)21-2)14(22-8)18-13(19)7-9-3-4-11(16)12(17)6-9/h3-6H,7H2,1-2H3,(H,18,19). The molecule has 0 aliphatic rings. The molecule has 22 heavy (non-hydrogen) atoms. The van der Waals surface area contributed by atoms with Gasteiger partial charge in [-0.05, 0) is 30.7 Å². The van der Waals surface area contributed by atoms with E-state index in [0.717, 1.165) is 10.4 Å². The lowest BCUT2D eigenvalue weighted by atomic mass is 10.1. The van der Waals surface area contributed by atoms with Crippen molar-refractivity contribution in [3.05, 3.63) is 50.3 Å². The summed E-state index contributed by atoms with van der Waals surface area (Å²) in [6.07, 6.45) is 0.133. The Hall–Kier alpha value is -1.56. The molecule has 1 amide bonds. The summed E-state index contributed by atoms with van der Waals surface area (Å²) in [7, 11) is 1.30. The number of hydrogen-bond donors (Lipinski definition) is 1. The number of thiophene rings is 1. The lowest BCUT2D eigenvalue weighted by Gasteiger charge is -2.06. The Morgan fingerprint density at radius 1 is 1.23 bits per heavy atom. The SMILES string of the molecule is COC(=O)c1cc(C)sc1NC(=O)Cc1ccc(Cl)c(Cl)c1. The second-order valence-electron chi connectivity index (χ2n) is 4.56. The second-order valence-corrected chi connectivity index (χ2v) is 6.64. The lowest BCUT2D eigenvalue weighted by Crippen LogP contribution is -2.15. The molecule has 0 spiro atoms. The Labute approximate surface area is 142 Å². The first-order valence-corrected chi connectivity index (χ1v) is 7.90. The van der Waals surface area contributed by atoms with Crippen LogP contribution in [0.1, 0.15) is 20.8 Å². The van der Waals surface area contributed by atoms with Crippen molar-refractivity contribution in [3.63, 3.8) is 0 Å². The number of carbonyl (C=O) groups excluding carboxylic acids is 2. The average Bonchev–Trinajstić information content (AvgIpc) is 2.82. The van der Waals surface area contributed by atoms with Crippen molar-refractivity contribution in [2.45, 2.75) is 13.3 Å². The zero-order chi connectivity index (χ0) is 16.3. The van der Waals surface area contributed by atoms with Crippen LogP contribution in [0.5, 0.6) is 0 Å². The predicted molar refractivity (Wildman–Crippen MR) is 89.2 cm³/mol. The number of ether oxygens (including phenoxy) is 1. The van der Waals surface area contributed by atoms with E-state index < -0.39 is 5.97 Å². The molecule has 4 nitrogen and oxygen atoms in total. The van der Waals surface area contributed by atoms with Gasteiger partial charge in [-0.15, -0.1) is 11.3 Å².